The van der Waals surface area contributed by atoms with Crippen LogP contribution in [0.5, 0.6) is 5.75 Å². The molecule has 7 nitrogen and oxygen atoms in total. The van der Waals surface area contributed by atoms with Crippen molar-refractivity contribution >= 4 is 23.4 Å². The number of thioether (sulfide) groups is 1. The van der Waals surface area contributed by atoms with Gasteiger partial charge in [0.2, 0.25) is 5.91 Å². The third-order valence-corrected chi connectivity index (χ3v) is 7.95. The van der Waals surface area contributed by atoms with Crippen LogP contribution in [0, 0.1) is 0 Å². The second kappa shape index (κ2) is 10.8. The lowest BCUT2D eigenvalue weighted by molar-refractivity contribution is -0.116. The summed E-state index contributed by atoms with van der Waals surface area (Å²) in [5.74, 6) is 2.15. The normalized spacial score (nSPS) is 17.1. The van der Waals surface area contributed by atoms with Crippen molar-refractivity contribution in [3.63, 3.8) is 0 Å². The number of hydrogen-bond acceptors (Lipinski definition) is 6. The second-order valence-electron chi connectivity index (χ2n) is 9.21. The Labute approximate surface area is 211 Å². The van der Waals surface area contributed by atoms with E-state index in [9.17, 15) is 4.79 Å². The van der Waals surface area contributed by atoms with E-state index in [1.165, 1.54) is 36.6 Å². The van der Waals surface area contributed by atoms with Gasteiger partial charge < -0.3 is 9.64 Å². The van der Waals surface area contributed by atoms with Gasteiger partial charge in [0.25, 0.3) is 0 Å². The summed E-state index contributed by atoms with van der Waals surface area (Å²) in [6, 6.07) is 16.3. The number of ether oxygens (including phenoxy) is 1. The number of anilines is 1. The predicted molar refractivity (Wildman–Crippen MR) is 140 cm³/mol. The van der Waals surface area contributed by atoms with Crippen molar-refractivity contribution in [1.82, 2.24) is 19.7 Å². The summed E-state index contributed by atoms with van der Waals surface area (Å²) >= 11 is 1.46. The number of para-hydroxylation sites is 1. The van der Waals surface area contributed by atoms with Gasteiger partial charge in [-0.1, -0.05) is 36.4 Å². The average molecular weight is 492 g/mol. The number of aromatic nitrogens is 3. The van der Waals surface area contributed by atoms with Crippen LogP contribution in [0.1, 0.15) is 50.0 Å². The van der Waals surface area contributed by atoms with Crippen molar-refractivity contribution < 1.29 is 9.53 Å². The van der Waals surface area contributed by atoms with E-state index in [1.54, 1.807) is 7.11 Å². The molecule has 0 aliphatic carbocycles. The first-order chi connectivity index (χ1) is 17.2. The number of nitrogens with zero attached hydrogens (tertiary/aromatic N) is 5. The summed E-state index contributed by atoms with van der Waals surface area (Å²) in [5, 5.41) is 9.93. The number of methoxy groups -OCH3 is 1. The number of amides is 1. The zero-order valence-electron chi connectivity index (χ0n) is 20.5. The quantitative estimate of drug-likeness (QED) is 0.439. The number of aryl methyl sites for hydroxylation is 1. The molecule has 184 valence electrons. The molecule has 0 N–H and O–H groups in total. The van der Waals surface area contributed by atoms with E-state index in [4.69, 9.17) is 4.74 Å². The van der Waals surface area contributed by atoms with Gasteiger partial charge in [0.05, 0.1) is 18.9 Å². The minimum atomic E-state index is 0.108. The number of benzene rings is 2. The number of rotatable bonds is 7. The van der Waals surface area contributed by atoms with Crippen LogP contribution in [0.25, 0.3) is 5.69 Å². The number of fused-ring (bicyclic) bond motifs is 1. The van der Waals surface area contributed by atoms with E-state index in [2.05, 4.69) is 38.7 Å². The van der Waals surface area contributed by atoms with Crippen LogP contribution < -0.4 is 9.64 Å². The minimum absolute atomic E-state index is 0.108. The van der Waals surface area contributed by atoms with Crippen LogP contribution in [0.3, 0.4) is 0 Å². The molecule has 0 bridgehead atoms. The highest BCUT2D eigenvalue weighted by molar-refractivity contribution is 7.99. The van der Waals surface area contributed by atoms with Crippen LogP contribution in [0.4, 0.5) is 5.69 Å². The summed E-state index contributed by atoms with van der Waals surface area (Å²) in [6.07, 6.45) is 5.74. The molecule has 0 spiro atoms. The molecule has 5 rings (SSSR count). The Bertz CT molecular complexity index is 1160. The Balaban J connectivity index is 1.40. The Morgan fingerprint density at radius 3 is 2.54 bits per heavy atom. The first kappa shape index (κ1) is 23.9. The van der Waals surface area contributed by atoms with Crippen molar-refractivity contribution in [2.45, 2.75) is 50.2 Å². The molecule has 0 unspecified atom stereocenters. The number of carbonyl (C=O) groups excluding carboxylic acids is 1. The zero-order valence-corrected chi connectivity index (χ0v) is 21.3. The van der Waals surface area contributed by atoms with Gasteiger partial charge >= 0.3 is 0 Å². The van der Waals surface area contributed by atoms with Crippen molar-refractivity contribution in [3.8, 4) is 11.4 Å². The van der Waals surface area contributed by atoms with Gasteiger partial charge in [0.15, 0.2) is 11.0 Å². The van der Waals surface area contributed by atoms with Crippen LogP contribution >= 0.6 is 11.8 Å². The highest BCUT2D eigenvalue weighted by atomic mass is 32.2. The van der Waals surface area contributed by atoms with Gasteiger partial charge in [-0.15, -0.1) is 10.2 Å². The summed E-state index contributed by atoms with van der Waals surface area (Å²) < 4.78 is 7.47. The number of piperidine rings is 1. The van der Waals surface area contributed by atoms with Crippen molar-refractivity contribution in [1.29, 1.82) is 0 Å². The molecule has 1 amide bonds. The zero-order chi connectivity index (χ0) is 24.2. The van der Waals surface area contributed by atoms with Crippen molar-refractivity contribution in [2.24, 2.45) is 0 Å². The van der Waals surface area contributed by atoms with E-state index in [-0.39, 0.29) is 11.9 Å². The summed E-state index contributed by atoms with van der Waals surface area (Å²) in [6.45, 7) is 5.12. The lowest BCUT2D eigenvalue weighted by atomic mass is 10.0. The van der Waals surface area contributed by atoms with Crippen molar-refractivity contribution in [2.75, 3.05) is 37.4 Å². The molecule has 3 heterocycles. The Morgan fingerprint density at radius 1 is 1.00 bits per heavy atom. The number of hydrogen-bond donors (Lipinski definition) is 0. The van der Waals surface area contributed by atoms with E-state index in [0.29, 0.717) is 5.75 Å². The molecule has 1 atom stereocenters. The Hall–Kier alpha value is -2.84. The monoisotopic (exact) mass is 491 g/mol. The number of likely N-dealkylation sites (tertiary alicyclic amines) is 1. The SMILES string of the molecule is COc1ccc(-n2c(SCC(=O)N3CCCc4ccccc43)nnc2[C@H](C)N2CCCCC2)cc1. The van der Waals surface area contributed by atoms with Crippen LogP contribution in [-0.2, 0) is 11.2 Å². The fraction of sp³-hybridized carbons (Fsp3) is 0.444. The van der Waals surface area contributed by atoms with Crippen molar-refractivity contribution in [3.05, 3.63) is 59.9 Å². The second-order valence-corrected chi connectivity index (χ2v) is 10.2. The molecule has 1 fully saturated rings. The predicted octanol–water partition coefficient (Wildman–Crippen LogP) is 4.89. The molecule has 0 saturated carbocycles. The standard InChI is InChI=1S/C27H33N5O2S/c1-20(30-16-6-3-7-17-30)26-28-29-27(32(26)22-12-14-23(34-2)15-13-22)35-19-25(33)31-18-8-10-21-9-4-5-11-24(21)31/h4-5,9,11-15,20H,3,6-8,10,16-19H2,1-2H3/t20-/m0/s1. The summed E-state index contributed by atoms with van der Waals surface area (Å²) in [4.78, 5) is 17.7. The summed E-state index contributed by atoms with van der Waals surface area (Å²) in [5.41, 5.74) is 3.27. The van der Waals surface area contributed by atoms with E-state index < -0.39 is 0 Å². The molecule has 35 heavy (non-hydrogen) atoms. The van der Waals surface area contributed by atoms with E-state index in [0.717, 1.165) is 60.6 Å². The maximum Gasteiger partial charge on any atom is 0.237 e. The minimum Gasteiger partial charge on any atom is -0.497 e. The molecule has 3 aromatic rings. The summed E-state index contributed by atoms with van der Waals surface area (Å²) in [7, 11) is 1.67. The third kappa shape index (κ3) is 5.09. The first-order valence-electron chi connectivity index (χ1n) is 12.5. The van der Waals surface area contributed by atoms with Gasteiger partial charge in [-0.05, 0) is 81.6 Å². The maximum atomic E-state index is 13.3. The van der Waals surface area contributed by atoms with E-state index >= 15 is 0 Å². The Morgan fingerprint density at radius 2 is 1.77 bits per heavy atom. The maximum absolute atomic E-state index is 13.3. The molecule has 1 saturated heterocycles. The van der Waals surface area contributed by atoms with Crippen LogP contribution in [-0.4, -0.2) is 58.1 Å². The fourth-order valence-corrected chi connectivity index (χ4v) is 5.92. The molecule has 0 radical (unpaired) electrons. The largest absolute Gasteiger partial charge is 0.497 e. The van der Waals surface area contributed by atoms with Gasteiger partial charge in [-0.3, -0.25) is 14.3 Å². The molecule has 8 heteroatoms. The molecule has 2 aromatic carbocycles. The topological polar surface area (TPSA) is 63.5 Å². The fourth-order valence-electron chi connectivity index (χ4n) is 5.09. The van der Waals surface area contributed by atoms with Crippen LogP contribution in [0.2, 0.25) is 0 Å². The number of carbonyl (C=O) groups is 1. The lowest BCUT2D eigenvalue weighted by Crippen LogP contribution is -2.36. The lowest BCUT2D eigenvalue weighted by Gasteiger charge is -2.32. The molecular weight excluding hydrogens is 458 g/mol. The Kier molecular flexibility index (Phi) is 7.39. The van der Waals surface area contributed by atoms with Crippen LogP contribution in [0.15, 0.2) is 53.7 Å². The molecule has 2 aliphatic rings. The highest BCUT2D eigenvalue weighted by Gasteiger charge is 2.27. The molecular formula is C27H33N5O2S. The average Bonchev–Trinajstić information content (AvgIpc) is 3.35. The highest BCUT2D eigenvalue weighted by Crippen LogP contribution is 2.32. The smallest absolute Gasteiger partial charge is 0.237 e. The first-order valence-corrected chi connectivity index (χ1v) is 13.5. The molecule has 1 aromatic heterocycles. The van der Waals surface area contributed by atoms with Gasteiger partial charge in [-0.25, -0.2) is 0 Å². The molecule has 2 aliphatic heterocycles. The van der Waals surface area contributed by atoms with Gasteiger partial charge in [0, 0.05) is 17.9 Å². The van der Waals surface area contributed by atoms with Gasteiger partial charge in [-0.2, -0.15) is 0 Å². The van der Waals surface area contributed by atoms with E-state index in [1.807, 2.05) is 41.3 Å². The van der Waals surface area contributed by atoms with Gasteiger partial charge in [0.1, 0.15) is 5.75 Å². The third-order valence-electron chi connectivity index (χ3n) is 7.04.